The molecule has 0 amide bonds. The van der Waals surface area contributed by atoms with Gasteiger partial charge in [-0.25, -0.2) is 0 Å². The Labute approximate surface area is 186 Å². The van der Waals surface area contributed by atoms with E-state index in [1.165, 1.54) is 0 Å². The van der Waals surface area contributed by atoms with Crippen molar-refractivity contribution < 1.29 is 27.1 Å². The van der Waals surface area contributed by atoms with Crippen LogP contribution >= 0.6 is 0 Å². The van der Waals surface area contributed by atoms with Crippen molar-refractivity contribution in [3.8, 4) is 0 Å². The highest BCUT2D eigenvalue weighted by Crippen LogP contribution is 2.59. The Balaban J connectivity index is 1.44. The summed E-state index contributed by atoms with van der Waals surface area (Å²) in [5, 5.41) is 8.14. The third-order valence-electron chi connectivity index (χ3n) is 7.75. The first-order valence-electron chi connectivity index (χ1n) is 11.3. The van der Waals surface area contributed by atoms with E-state index < -0.39 is 17.5 Å². The topological polar surface area (TPSA) is 57.4 Å². The van der Waals surface area contributed by atoms with Crippen LogP contribution in [0.25, 0.3) is 5.57 Å². The summed E-state index contributed by atoms with van der Waals surface area (Å²) in [7, 11) is 0. The van der Waals surface area contributed by atoms with Gasteiger partial charge in [0.05, 0.1) is 24.4 Å². The van der Waals surface area contributed by atoms with Crippen molar-refractivity contribution in [3.05, 3.63) is 42.7 Å². The van der Waals surface area contributed by atoms with Gasteiger partial charge in [0.25, 0.3) is 0 Å². The third kappa shape index (κ3) is 4.31. The van der Waals surface area contributed by atoms with Crippen molar-refractivity contribution >= 4 is 5.57 Å². The molecule has 1 aromatic heterocycles. The molecule has 2 bridgehead atoms. The second-order valence-electron chi connectivity index (χ2n) is 9.61. The Morgan fingerprint density at radius 1 is 0.969 bits per heavy atom. The Morgan fingerprint density at radius 3 is 2.12 bits per heavy atom. The van der Waals surface area contributed by atoms with Crippen LogP contribution in [0.1, 0.15) is 76.5 Å². The van der Waals surface area contributed by atoms with Crippen molar-refractivity contribution in [1.29, 1.82) is 0 Å². The number of ether oxygens (including phenoxy) is 2. The molecule has 0 spiro atoms. The highest BCUT2D eigenvalue weighted by Gasteiger charge is 2.52. The van der Waals surface area contributed by atoms with Gasteiger partial charge >= 0.3 is 6.18 Å². The van der Waals surface area contributed by atoms with E-state index >= 15 is 0 Å². The number of allylic oxidation sites excluding steroid dienone is 4. The molecule has 8 heteroatoms. The molecular formula is C24H31F3N2O3. The van der Waals surface area contributed by atoms with Gasteiger partial charge in [-0.1, -0.05) is 25.3 Å². The van der Waals surface area contributed by atoms with Crippen LogP contribution in [0.5, 0.6) is 0 Å². The first-order valence-corrected chi connectivity index (χ1v) is 11.3. The van der Waals surface area contributed by atoms with Crippen molar-refractivity contribution in [2.75, 3.05) is 13.2 Å². The Morgan fingerprint density at radius 2 is 1.59 bits per heavy atom. The molecule has 0 unspecified atom stereocenters. The molecule has 4 fully saturated rings. The number of aromatic nitrogens is 2. The molecule has 3 saturated carbocycles. The summed E-state index contributed by atoms with van der Waals surface area (Å²) < 4.78 is 57.3. The van der Waals surface area contributed by atoms with Crippen LogP contribution in [-0.2, 0) is 14.9 Å². The lowest BCUT2D eigenvalue weighted by molar-refractivity contribution is -0.149. The zero-order chi connectivity index (χ0) is 23.0. The number of rotatable bonds is 8. The van der Waals surface area contributed by atoms with E-state index in [1.807, 2.05) is 6.92 Å². The number of nitrogens with zero attached hydrogens (tertiary/aromatic N) is 2. The normalized spacial score (nSPS) is 30.2. The largest absolute Gasteiger partial charge is 0.420 e. The Kier molecular flexibility index (Phi) is 6.13. The lowest BCUT2D eigenvalue weighted by Gasteiger charge is -2.52. The fourth-order valence-electron chi connectivity index (χ4n) is 5.68. The summed E-state index contributed by atoms with van der Waals surface area (Å²) in [5.41, 5.74) is -1.07. The van der Waals surface area contributed by atoms with Crippen LogP contribution in [0.3, 0.4) is 0 Å². The fourth-order valence-corrected chi connectivity index (χ4v) is 5.68. The van der Waals surface area contributed by atoms with E-state index in [1.54, 1.807) is 0 Å². The number of halogens is 3. The second-order valence-corrected chi connectivity index (χ2v) is 9.61. The van der Waals surface area contributed by atoms with Crippen LogP contribution < -0.4 is 0 Å². The van der Waals surface area contributed by atoms with Crippen molar-refractivity contribution in [3.63, 3.8) is 0 Å². The van der Waals surface area contributed by atoms with Gasteiger partial charge in [0.1, 0.15) is 0 Å². The van der Waals surface area contributed by atoms with Gasteiger partial charge in [-0.05, 0) is 63.7 Å². The van der Waals surface area contributed by atoms with Crippen molar-refractivity contribution in [2.24, 2.45) is 5.41 Å². The van der Waals surface area contributed by atoms with E-state index in [0.29, 0.717) is 24.5 Å². The summed E-state index contributed by atoms with van der Waals surface area (Å²) in [6.07, 6.45) is 6.32. The van der Waals surface area contributed by atoms with Crippen LogP contribution in [0, 0.1) is 5.41 Å². The lowest BCUT2D eigenvalue weighted by atomic mass is 9.52. The van der Waals surface area contributed by atoms with E-state index in [2.05, 4.69) is 23.4 Å². The van der Waals surface area contributed by atoms with Crippen molar-refractivity contribution in [2.45, 2.75) is 82.1 Å². The smallest absolute Gasteiger partial charge is 0.417 e. The molecule has 0 radical (unpaired) electrons. The summed E-state index contributed by atoms with van der Waals surface area (Å²) in [6.45, 7) is 10.1. The summed E-state index contributed by atoms with van der Waals surface area (Å²) in [5.74, 6) is -0.143. The molecule has 5 rings (SSSR count). The molecule has 4 aliphatic rings. The summed E-state index contributed by atoms with van der Waals surface area (Å²) >= 11 is 0. The van der Waals surface area contributed by atoms with Crippen LogP contribution in [0.2, 0.25) is 0 Å². The van der Waals surface area contributed by atoms with Crippen molar-refractivity contribution in [1.82, 2.24) is 10.2 Å². The Hall–Kier alpha value is -1.93. The minimum Gasteiger partial charge on any atom is -0.420 e. The van der Waals surface area contributed by atoms with Gasteiger partial charge in [-0.2, -0.15) is 13.2 Å². The molecule has 32 heavy (non-hydrogen) atoms. The molecule has 3 aliphatic carbocycles. The summed E-state index contributed by atoms with van der Waals surface area (Å²) in [6, 6.07) is 0. The molecule has 5 nitrogen and oxygen atoms in total. The molecular weight excluding hydrogens is 421 g/mol. The first-order chi connectivity index (χ1) is 15.1. The number of hydrogen-bond donors (Lipinski definition) is 0. The van der Waals surface area contributed by atoms with Gasteiger partial charge < -0.3 is 13.9 Å². The zero-order valence-corrected chi connectivity index (χ0v) is 18.6. The monoisotopic (exact) mass is 452 g/mol. The van der Waals surface area contributed by atoms with Gasteiger partial charge in [-0.15, -0.1) is 10.2 Å². The molecule has 1 saturated heterocycles. The minimum absolute atomic E-state index is 0.149. The number of hydrogen-bond acceptors (Lipinski definition) is 5. The highest BCUT2D eigenvalue weighted by molar-refractivity contribution is 5.74. The minimum atomic E-state index is -4.57. The zero-order valence-electron chi connectivity index (χ0n) is 18.6. The predicted octanol–water partition coefficient (Wildman–Crippen LogP) is 6.28. The molecule has 1 aliphatic heterocycles. The SMILES string of the molecule is C=C/C(=C(\C=C)C(F)(F)F)c1nnc(C23CCC(CCCC4(C)OCCO4)(CC2)CC3)o1. The maximum Gasteiger partial charge on any atom is 0.417 e. The third-order valence-corrected chi connectivity index (χ3v) is 7.75. The molecule has 176 valence electrons. The molecule has 0 atom stereocenters. The average Bonchev–Trinajstić information content (AvgIpc) is 3.42. The fraction of sp³-hybridized carbons (Fsp3) is 0.667. The van der Waals surface area contributed by atoms with E-state index in [4.69, 9.17) is 13.9 Å². The van der Waals surface area contributed by atoms with E-state index in [-0.39, 0.29) is 16.9 Å². The Bertz CT molecular complexity index is 872. The summed E-state index contributed by atoms with van der Waals surface area (Å²) in [4.78, 5) is 0. The highest BCUT2D eigenvalue weighted by atomic mass is 19.4. The quantitative estimate of drug-likeness (QED) is 0.434. The molecule has 2 heterocycles. The molecule has 0 aromatic carbocycles. The maximum atomic E-state index is 13.3. The van der Waals surface area contributed by atoms with Gasteiger partial charge in [0.15, 0.2) is 5.79 Å². The van der Waals surface area contributed by atoms with E-state index in [0.717, 1.165) is 69.9 Å². The number of alkyl halides is 3. The van der Waals surface area contributed by atoms with Crippen LogP contribution in [0.15, 0.2) is 35.3 Å². The predicted molar refractivity (Wildman–Crippen MR) is 114 cm³/mol. The second kappa shape index (κ2) is 8.45. The molecule has 1 aromatic rings. The van der Waals surface area contributed by atoms with Crippen LogP contribution in [-0.4, -0.2) is 35.4 Å². The van der Waals surface area contributed by atoms with Crippen LogP contribution in [0.4, 0.5) is 13.2 Å². The van der Waals surface area contributed by atoms with E-state index in [9.17, 15) is 13.2 Å². The molecule has 0 N–H and O–H groups in total. The van der Waals surface area contributed by atoms with Gasteiger partial charge in [0, 0.05) is 11.8 Å². The lowest BCUT2D eigenvalue weighted by Crippen LogP contribution is -2.44. The number of fused-ring (bicyclic) bond motifs is 3. The average molecular weight is 453 g/mol. The van der Waals surface area contributed by atoms with Gasteiger partial charge in [0.2, 0.25) is 11.8 Å². The van der Waals surface area contributed by atoms with Gasteiger partial charge in [-0.3, -0.25) is 0 Å². The standard InChI is InChI=1S/C24H31F3N2O3/c1-4-17(18(5-2)24(25,26)27)19-28-29-20(32-19)23-12-9-22(10-13-23,11-14-23)8-6-7-21(3)30-15-16-31-21/h4-5H,1-2,6-16H2,3H3/b18-17-. The first kappa shape index (κ1) is 23.2. The maximum absolute atomic E-state index is 13.3.